The zero-order valence-corrected chi connectivity index (χ0v) is 17.0. The molecule has 3 heterocycles. The summed E-state index contributed by atoms with van der Waals surface area (Å²) in [5.74, 6) is 0.274. The Morgan fingerprint density at radius 2 is 1.81 bits per heavy atom. The van der Waals surface area contributed by atoms with Crippen LogP contribution in [-0.4, -0.2) is 85.0 Å². The number of nitrogens with zero attached hydrogens (tertiary/aromatic N) is 3. The van der Waals surface area contributed by atoms with Gasteiger partial charge in [-0.05, 0) is 65.1 Å². The summed E-state index contributed by atoms with van der Waals surface area (Å²) in [5.41, 5.74) is 0. The van der Waals surface area contributed by atoms with Crippen molar-refractivity contribution < 1.29 is 14.3 Å². The molecule has 0 saturated carbocycles. The Kier molecular flexibility index (Phi) is 7.94. The van der Waals surface area contributed by atoms with E-state index in [4.69, 9.17) is 4.74 Å². The lowest BCUT2D eigenvalue weighted by molar-refractivity contribution is -0.150. The van der Waals surface area contributed by atoms with Gasteiger partial charge in [0.15, 0.2) is 0 Å². The van der Waals surface area contributed by atoms with E-state index in [-0.39, 0.29) is 11.9 Å². The van der Waals surface area contributed by atoms with Gasteiger partial charge in [-0.2, -0.15) is 0 Å². The lowest BCUT2D eigenvalue weighted by atomic mass is 9.95. The van der Waals surface area contributed by atoms with Crippen molar-refractivity contribution in [3.63, 3.8) is 0 Å². The second-order valence-corrected chi connectivity index (χ2v) is 8.35. The SMILES string of the molecule is CCOC(=O)C1CCCN(C2CCC(=O)N(CCN3CCCCC3)CC2)C1. The fourth-order valence-corrected chi connectivity index (χ4v) is 4.86. The quantitative estimate of drug-likeness (QED) is 0.662. The molecule has 154 valence electrons. The summed E-state index contributed by atoms with van der Waals surface area (Å²) in [6, 6.07) is 0.422. The van der Waals surface area contributed by atoms with Crippen molar-refractivity contribution in [1.82, 2.24) is 14.7 Å². The summed E-state index contributed by atoms with van der Waals surface area (Å²) < 4.78 is 5.23. The molecule has 6 nitrogen and oxygen atoms in total. The maximum Gasteiger partial charge on any atom is 0.310 e. The minimum atomic E-state index is -0.0462. The van der Waals surface area contributed by atoms with Gasteiger partial charge in [-0.3, -0.25) is 14.5 Å². The Morgan fingerprint density at radius 3 is 2.59 bits per heavy atom. The van der Waals surface area contributed by atoms with Crippen molar-refractivity contribution in [2.24, 2.45) is 5.92 Å². The van der Waals surface area contributed by atoms with Crippen LogP contribution in [-0.2, 0) is 14.3 Å². The Morgan fingerprint density at radius 1 is 1.00 bits per heavy atom. The number of piperidine rings is 2. The molecule has 3 rings (SSSR count). The van der Waals surface area contributed by atoms with Crippen LogP contribution in [0.15, 0.2) is 0 Å². The highest BCUT2D eigenvalue weighted by atomic mass is 16.5. The van der Waals surface area contributed by atoms with Gasteiger partial charge in [0.05, 0.1) is 12.5 Å². The summed E-state index contributed by atoms with van der Waals surface area (Å²) in [6.07, 6.45) is 8.53. The summed E-state index contributed by atoms with van der Waals surface area (Å²) >= 11 is 0. The highest BCUT2D eigenvalue weighted by molar-refractivity contribution is 5.76. The molecule has 0 radical (unpaired) electrons. The molecule has 3 aliphatic rings. The van der Waals surface area contributed by atoms with E-state index in [1.54, 1.807) is 0 Å². The third-order valence-corrected chi connectivity index (χ3v) is 6.50. The van der Waals surface area contributed by atoms with E-state index >= 15 is 0 Å². The number of hydrogen-bond donors (Lipinski definition) is 0. The van der Waals surface area contributed by atoms with Gasteiger partial charge in [0.2, 0.25) is 5.91 Å². The van der Waals surface area contributed by atoms with Gasteiger partial charge in [0.1, 0.15) is 0 Å². The summed E-state index contributed by atoms with van der Waals surface area (Å²) in [7, 11) is 0. The van der Waals surface area contributed by atoms with Crippen LogP contribution in [0.3, 0.4) is 0 Å². The highest BCUT2D eigenvalue weighted by Crippen LogP contribution is 2.25. The van der Waals surface area contributed by atoms with Crippen molar-refractivity contribution >= 4 is 11.9 Å². The lowest BCUT2D eigenvalue weighted by Gasteiger charge is -2.37. The lowest BCUT2D eigenvalue weighted by Crippen LogP contribution is -2.45. The number of carbonyl (C=O) groups is 2. The maximum absolute atomic E-state index is 12.6. The predicted molar refractivity (Wildman–Crippen MR) is 105 cm³/mol. The molecule has 0 bridgehead atoms. The number of esters is 1. The third kappa shape index (κ3) is 5.92. The van der Waals surface area contributed by atoms with Crippen LogP contribution >= 0.6 is 0 Å². The molecule has 6 heteroatoms. The summed E-state index contributed by atoms with van der Waals surface area (Å²) in [6.45, 7) is 9.29. The molecule has 0 aromatic rings. The van der Waals surface area contributed by atoms with Crippen LogP contribution in [0.25, 0.3) is 0 Å². The zero-order chi connectivity index (χ0) is 19.1. The Bertz CT molecular complexity index is 493. The van der Waals surface area contributed by atoms with Crippen molar-refractivity contribution in [1.29, 1.82) is 0 Å². The van der Waals surface area contributed by atoms with E-state index in [9.17, 15) is 9.59 Å². The van der Waals surface area contributed by atoms with Crippen LogP contribution in [0.1, 0.15) is 58.3 Å². The maximum atomic E-state index is 12.6. The van der Waals surface area contributed by atoms with Gasteiger partial charge in [0, 0.05) is 38.6 Å². The van der Waals surface area contributed by atoms with Gasteiger partial charge in [-0.1, -0.05) is 6.42 Å². The van der Waals surface area contributed by atoms with Crippen LogP contribution in [0.5, 0.6) is 0 Å². The average molecular weight is 380 g/mol. The number of likely N-dealkylation sites (tertiary alicyclic amines) is 3. The molecule has 0 aliphatic carbocycles. The van der Waals surface area contributed by atoms with Gasteiger partial charge in [-0.25, -0.2) is 0 Å². The number of ether oxygens (including phenoxy) is 1. The molecular weight excluding hydrogens is 342 g/mol. The molecule has 0 N–H and O–H groups in total. The van der Waals surface area contributed by atoms with E-state index < -0.39 is 0 Å². The molecule has 3 fully saturated rings. The first-order chi connectivity index (χ1) is 13.2. The fourth-order valence-electron chi connectivity index (χ4n) is 4.86. The fraction of sp³-hybridized carbons (Fsp3) is 0.905. The predicted octanol–water partition coefficient (Wildman–Crippen LogP) is 2.13. The second-order valence-electron chi connectivity index (χ2n) is 8.35. The van der Waals surface area contributed by atoms with Gasteiger partial charge >= 0.3 is 5.97 Å². The van der Waals surface area contributed by atoms with Gasteiger partial charge in [-0.15, -0.1) is 0 Å². The van der Waals surface area contributed by atoms with E-state index in [1.807, 2.05) is 6.92 Å². The van der Waals surface area contributed by atoms with Crippen LogP contribution in [0.4, 0.5) is 0 Å². The molecule has 0 spiro atoms. The van der Waals surface area contributed by atoms with Crippen LogP contribution in [0, 0.1) is 5.92 Å². The van der Waals surface area contributed by atoms with Gasteiger partial charge in [0.25, 0.3) is 0 Å². The highest BCUT2D eigenvalue weighted by Gasteiger charge is 2.32. The summed E-state index contributed by atoms with van der Waals surface area (Å²) in [5, 5.41) is 0. The first-order valence-electron chi connectivity index (χ1n) is 11.1. The smallest absolute Gasteiger partial charge is 0.310 e. The minimum Gasteiger partial charge on any atom is -0.466 e. The zero-order valence-electron chi connectivity index (χ0n) is 17.0. The normalized spacial score (nSPS) is 28.8. The minimum absolute atomic E-state index is 0.00728. The van der Waals surface area contributed by atoms with E-state index in [0.29, 0.717) is 25.0 Å². The number of hydrogen-bond acceptors (Lipinski definition) is 5. The standard InChI is InChI=1S/C21H37N3O3/c1-2-27-21(26)18-7-6-13-24(17-18)19-8-9-20(25)23(14-10-19)16-15-22-11-4-3-5-12-22/h18-19H,2-17H2,1H3. The third-order valence-electron chi connectivity index (χ3n) is 6.50. The first-order valence-corrected chi connectivity index (χ1v) is 11.1. The van der Waals surface area contributed by atoms with E-state index in [1.165, 1.54) is 32.4 Å². The Hall–Kier alpha value is -1.14. The first kappa shape index (κ1) is 20.6. The topological polar surface area (TPSA) is 53.1 Å². The molecule has 2 unspecified atom stereocenters. The van der Waals surface area contributed by atoms with Crippen molar-refractivity contribution in [2.75, 3.05) is 52.4 Å². The Labute approximate surface area is 164 Å². The van der Waals surface area contributed by atoms with E-state index in [2.05, 4.69) is 14.7 Å². The van der Waals surface area contributed by atoms with Gasteiger partial charge < -0.3 is 14.5 Å². The average Bonchev–Trinajstić information content (AvgIpc) is 2.89. The number of amides is 1. The molecule has 3 aliphatic heterocycles. The second kappa shape index (κ2) is 10.4. The van der Waals surface area contributed by atoms with Crippen molar-refractivity contribution in [2.45, 2.75) is 64.3 Å². The summed E-state index contributed by atoms with van der Waals surface area (Å²) in [4.78, 5) is 31.7. The molecule has 2 atom stereocenters. The monoisotopic (exact) mass is 379 g/mol. The molecule has 1 amide bonds. The van der Waals surface area contributed by atoms with E-state index in [0.717, 1.165) is 58.4 Å². The number of rotatable bonds is 6. The molecule has 27 heavy (non-hydrogen) atoms. The molecule has 0 aromatic carbocycles. The van der Waals surface area contributed by atoms with Crippen LogP contribution < -0.4 is 0 Å². The molecule has 3 saturated heterocycles. The molecule has 0 aromatic heterocycles. The molecular formula is C21H37N3O3. The van der Waals surface area contributed by atoms with Crippen LogP contribution in [0.2, 0.25) is 0 Å². The van der Waals surface area contributed by atoms with Crippen molar-refractivity contribution in [3.8, 4) is 0 Å². The number of carbonyl (C=O) groups excluding carboxylic acids is 2. The largest absolute Gasteiger partial charge is 0.466 e. The van der Waals surface area contributed by atoms with Crippen molar-refractivity contribution in [3.05, 3.63) is 0 Å². The Balaban J connectivity index is 1.47.